The molecule has 0 aromatic carbocycles. The van der Waals surface area contributed by atoms with Crippen molar-refractivity contribution < 1.29 is 4.52 Å². The van der Waals surface area contributed by atoms with E-state index in [-0.39, 0.29) is 0 Å². The number of aromatic nitrogens is 1. The fourth-order valence-electron chi connectivity index (χ4n) is 2.84. The molecule has 0 saturated carbocycles. The highest BCUT2D eigenvalue weighted by Gasteiger charge is 2.17. The van der Waals surface area contributed by atoms with Crippen LogP contribution in [0.5, 0.6) is 0 Å². The number of hydrogen-bond donors (Lipinski definition) is 0. The van der Waals surface area contributed by atoms with Gasteiger partial charge in [-0.25, -0.2) is 0 Å². The van der Waals surface area contributed by atoms with Gasteiger partial charge in [0.1, 0.15) is 5.76 Å². The number of rotatable bonds is 5. The smallest absolute Gasteiger partial charge is 0.133 e. The van der Waals surface area contributed by atoms with Gasteiger partial charge in [0.2, 0.25) is 0 Å². The maximum atomic E-state index is 5.16. The molecule has 0 N–H and O–H groups in total. The van der Waals surface area contributed by atoms with Gasteiger partial charge < -0.3 is 4.52 Å². The van der Waals surface area contributed by atoms with Gasteiger partial charge in [0.25, 0.3) is 0 Å². The fraction of sp³-hybridized carbons (Fsp3) is 0.562. The molecule has 0 radical (unpaired) electrons. The van der Waals surface area contributed by atoms with Crippen molar-refractivity contribution in [2.75, 3.05) is 32.4 Å². The van der Waals surface area contributed by atoms with Crippen LogP contribution in [-0.4, -0.2) is 47.4 Å². The van der Waals surface area contributed by atoms with Crippen LogP contribution in [0.1, 0.15) is 22.8 Å². The molecule has 2 aromatic rings. The normalized spacial score (nSPS) is 17.7. The van der Waals surface area contributed by atoms with Gasteiger partial charge in [0.05, 0.1) is 9.90 Å². The molecule has 3 rings (SSSR count). The Bertz CT molecular complexity index is 596. The Morgan fingerprint density at radius 1 is 1.18 bits per heavy atom. The summed E-state index contributed by atoms with van der Waals surface area (Å²) in [7, 11) is 0. The van der Waals surface area contributed by atoms with E-state index in [2.05, 4.69) is 33.3 Å². The Labute approximate surface area is 140 Å². The van der Waals surface area contributed by atoms with Gasteiger partial charge in [-0.15, -0.1) is 23.1 Å². The van der Waals surface area contributed by atoms with Crippen molar-refractivity contribution in [1.29, 1.82) is 0 Å². The average molecular weight is 338 g/mol. The Kier molecular flexibility index (Phi) is 5.57. The topological polar surface area (TPSA) is 32.5 Å². The van der Waals surface area contributed by atoms with Crippen LogP contribution < -0.4 is 0 Å². The lowest BCUT2D eigenvalue weighted by molar-refractivity contribution is 0.243. The molecule has 0 unspecified atom stereocenters. The van der Waals surface area contributed by atoms with Crippen LogP contribution in [0.3, 0.4) is 0 Å². The Morgan fingerprint density at radius 3 is 2.59 bits per heavy atom. The molecule has 0 spiro atoms. The SMILES string of the molecule is CSc1ccc(CN2CCCN(Cc3cc(C)on3)CC2)s1. The van der Waals surface area contributed by atoms with Crippen molar-refractivity contribution in [3.8, 4) is 0 Å². The molecule has 1 fully saturated rings. The van der Waals surface area contributed by atoms with E-state index >= 15 is 0 Å². The predicted octanol–water partition coefficient (Wildman–Crippen LogP) is 3.47. The molecular formula is C16H23N3OS2. The minimum absolute atomic E-state index is 0.897. The number of thiophene rings is 1. The summed E-state index contributed by atoms with van der Waals surface area (Å²) in [5, 5.41) is 4.11. The van der Waals surface area contributed by atoms with Crippen molar-refractivity contribution >= 4 is 23.1 Å². The molecule has 0 aliphatic carbocycles. The monoisotopic (exact) mass is 337 g/mol. The molecule has 4 nitrogen and oxygen atoms in total. The maximum Gasteiger partial charge on any atom is 0.133 e. The maximum absolute atomic E-state index is 5.16. The molecule has 3 heterocycles. The van der Waals surface area contributed by atoms with Gasteiger partial charge in [-0.05, 0) is 44.8 Å². The van der Waals surface area contributed by atoms with Gasteiger partial charge in [0.15, 0.2) is 0 Å². The van der Waals surface area contributed by atoms with Crippen molar-refractivity contribution in [2.24, 2.45) is 0 Å². The predicted molar refractivity (Wildman–Crippen MR) is 92.5 cm³/mol. The minimum Gasteiger partial charge on any atom is -0.361 e. The van der Waals surface area contributed by atoms with E-state index in [4.69, 9.17) is 4.52 Å². The highest BCUT2D eigenvalue weighted by molar-refractivity contribution is 8.00. The van der Waals surface area contributed by atoms with E-state index < -0.39 is 0 Å². The average Bonchev–Trinajstić information content (AvgIpc) is 3.06. The summed E-state index contributed by atoms with van der Waals surface area (Å²) in [5.41, 5.74) is 1.05. The number of aryl methyl sites for hydroxylation is 1. The Hall–Kier alpha value is -0.820. The summed E-state index contributed by atoms with van der Waals surface area (Å²) in [4.78, 5) is 6.54. The zero-order valence-electron chi connectivity index (χ0n) is 13.2. The molecule has 120 valence electrons. The molecule has 1 aliphatic heterocycles. The summed E-state index contributed by atoms with van der Waals surface area (Å²) in [6.07, 6.45) is 3.36. The third kappa shape index (κ3) is 4.35. The van der Waals surface area contributed by atoms with Crippen LogP contribution in [-0.2, 0) is 13.1 Å². The van der Waals surface area contributed by atoms with Crippen LogP contribution in [0.2, 0.25) is 0 Å². The lowest BCUT2D eigenvalue weighted by Crippen LogP contribution is -2.30. The lowest BCUT2D eigenvalue weighted by Gasteiger charge is -2.20. The van der Waals surface area contributed by atoms with E-state index in [0.717, 1.165) is 44.2 Å². The highest BCUT2D eigenvalue weighted by atomic mass is 32.2. The minimum atomic E-state index is 0.897. The lowest BCUT2D eigenvalue weighted by atomic mass is 10.3. The molecule has 22 heavy (non-hydrogen) atoms. The third-order valence-corrected chi connectivity index (χ3v) is 6.11. The van der Waals surface area contributed by atoms with Crippen molar-refractivity contribution in [3.05, 3.63) is 34.5 Å². The van der Waals surface area contributed by atoms with Crippen LogP contribution in [0.4, 0.5) is 0 Å². The molecular weight excluding hydrogens is 314 g/mol. The third-order valence-electron chi connectivity index (χ3n) is 3.96. The van der Waals surface area contributed by atoms with E-state index in [1.807, 2.05) is 36.1 Å². The molecule has 0 amide bonds. The summed E-state index contributed by atoms with van der Waals surface area (Å²) in [5.74, 6) is 0.897. The molecule has 1 aliphatic rings. The summed E-state index contributed by atoms with van der Waals surface area (Å²) in [6.45, 7) is 8.49. The second-order valence-corrected chi connectivity index (χ2v) is 8.03. The van der Waals surface area contributed by atoms with Crippen molar-refractivity contribution in [1.82, 2.24) is 15.0 Å². The number of nitrogens with zero attached hydrogens (tertiary/aromatic N) is 3. The number of thioether (sulfide) groups is 1. The van der Waals surface area contributed by atoms with Gasteiger partial charge in [-0.1, -0.05) is 5.16 Å². The van der Waals surface area contributed by atoms with E-state index in [1.165, 1.54) is 22.1 Å². The van der Waals surface area contributed by atoms with Gasteiger partial charge in [0, 0.05) is 37.1 Å². The Balaban J connectivity index is 1.51. The standard InChI is InChI=1S/C16H23N3OS2/c1-13-10-14(17-20-13)11-18-6-3-7-19(9-8-18)12-15-4-5-16(21-2)22-15/h4-5,10H,3,6-9,11-12H2,1-2H3. The Morgan fingerprint density at radius 2 is 1.95 bits per heavy atom. The first-order chi connectivity index (χ1) is 10.7. The van der Waals surface area contributed by atoms with Gasteiger partial charge >= 0.3 is 0 Å². The van der Waals surface area contributed by atoms with Crippen LogP contribution in [0.25, 0.3) is 0 Å². The van der Waals surface area contributed by atoms with E-state index in [0.29, 0.717) is 0 Å². The van der Waals surface area contributed by atoms with Crippen LogP contribution in [0.15, 0.2) is 26.9 Å². The van der Waals surface area contributed by atoms with Crippen molar-refractivity contribution in [2.45, 2.75) is 30.6 Å². The second-order valence-electron chi connectivity index (χ2n) is 5.76. The van der Waals surface area contributed by atoms with E-state index in [1.54, 1.807) is 0 Å². The first-order valence-electron chi connectivity index (χ1n) is 7.72. The van der Waals surface area contributed by atoms with Crippen LogP contribution in [0, 0.1) is 6.92 Å². The van der Waals surface area contributed by atoms with Gasteiger partial charge in [-0.3, -0.25) is 9.80 Å². The fourth-order valence-corrected chi connectivity index (χ4v) is 4.47. The summed E-state index contributed by atoms with van der Waals surface area (Å²) >= 11 is 3.76. The van der Waals surface area contributed by atoms with Gasteiger partial charge in [-0.2, -0.15) is 0 Å². The zero-order chi connectivity index (χ0) is 15.4. The summed E-state index contributed by atoms with van der Waals surface area (Å²) < 4.78 is 6.57. The molecule has 2 aromatic heterocycles. The summed E-state index contributed by atoms with van der Waals surface area (Å²) in [6, 6.07) is 6.55. The molecule has 0 bridgehead atoms. The molecule has 6 heteroatoms. The highest BCUT2D eigenvalue weighted by Crippen LogP contribution is 2.26. The first-order valence-corrected chi connectivity index (χ1v) is 9.76. The molecule has 0 atom stereocenters. The first kappa shape index (κ1) is 16.1. The number of hydrogen-bond acceptors (Lipinski definition) is 6. The van der Waals surface area contributed by atoms with Crippen LogP contribution >= 0.6 is 23.1 Å². The largest absolute Gasteiger partial charge is 0.361 e. The zero-order valence-corrected chi connectivity index (χ0v) is 14.9. The quantitative estimate of drug-likeness (QED) is 0.780. The molecule has 1 saturated heterocycles. The second kappa shape index (κ2) is 7.64. The van der Waals surface area contributed by atoms with Crippen molar-refractivity contribution in [3.63, 3.8) is 0 Å². The van der Waals surface area contributed by atoms with E-state index in [9.17, 15) is 0 Å².